The van der Waals surface area contributed by atoms with Crippen molar-refractivity contribution in [3.63, 3.8) is 0 Å². The molecule has 2 aromatic rings. The molecule has 0 radical (unpaired) electrons. The van der Waals surface area contributed by atoms with Crippen LogP contribution >= 0.6 is 11.6 Å². The van der Waals surface area contributed by atoms with Gasteiger partial charge in [-0.3, -0.25) is 0 Å². The van der Waals surface area contributed by atoms with E-state index in [0.29, 0.717) is 19.0 Å². The minimum atomic E-state index is -3.98. The molecule has 0 amide bonds. The Labute approximate surface area is 184 Å². The zero-order chi connectivity index (χ0) is 22.3. The van der Waals surface area contributed by atoms with Crippen LogP contribution in [0, 0.1) is 12.7 Å². The third kappa shape index (κ3) is 4.16. The van der Waals surface area contributed by atoms with Crippen molar-refractivity contribution in [2.45, 2.75) is 48.4 Å². The number of benzene rings is 1. The zero-order valence-electron chi connectivity index (χ0n) is 16.9. The Bertz CT molecular complexity index is 1100. The lowest BCUT2D eigenvalue weighted by atomic mass is 10.1. The van der Waals surface area contributed by atoms with Crippen LogP contribution < -0.4 is 4.90 Å². The smallest absolute Gasteiger partial charge is 0.326 e. The van der Waals surface area contributed by atoms with E-state index in [-0.39, 0.29) is 28.9 Å². The third-order valence-electron chi connectivity index (χ3n) is 5.86. The molecular weight excluding hydrogens is 449 g/mol. The minimum absolute atomic E-state index is 0.0264. The van der Waals surface area contributed by atoms with Crippen molar-refractivity contribution in [2.75, 3.05) is 24.7 Å². The molecule has 2 atom stereocenters. The van der Waals surface area contributed by atoms with Gasteiger partial charge in [0.15, 0.2) is 9.84 Å². The molecule has 0 bridgehead atoms. The van der Waals surface area contributed by atoms with E-state index >= 15 is 0 Å². The molecule has 0 spiro atoms. The number of carboxylic acid groups (broad SMARTS) is 1. The van der Waals surface area contributed by atoms with Gasteiger partial charge in [0.05, 0.1) is 26.9 Å². The number of anilines is 1. The first-order valence-corrected chi connectivity index (χ1v) is 11.9. The number of ether oxygens (including phenoxy) is 1. The number of nitrogens with zero attached hydrogens (tertiary/aromatic N) is 3. The SMILES string of the molecule is Cc1cc(N2C[C@H](S(=O)(=O)c3ccc(F)cc3Cl)C[C@H]2C(=O)O)n(C2CCOCC2)n1. The molecule has 1 aromatic heterocycles. The summed E-state index contributed by atoms with van der Waals surface area (Å²) in [5, 5.41) is 13.2. The number of aryl methyl sites for hydroxylation is 1. The zero-order valence-corrected chi connectivity index (χ0v) is 18.4. The van der Waals surface area contributed by atoms with E-state index in [0.717, 1.165) is 36.7 Å². The number of halogens is 2. The maximum atomic E-state index is 13.4. The van der Waals surface area contributed by atoms with Crippen LogP contribution in [0.25, 0.3) is 0 Å². The molecule has 2 fully saturated rings. The number of aromatic nitrogens is 2. The first-order chi connectivity index (χ1) is 14.7. The molecule has 31 heavy (non-hydrogen) atoms. The van der Waals surface area contributed by atoms with Gasteiger partial charge in [0.25, 0.3) is 0 Å². The molecule has 3 heterocycles. The molecule has 4 rings (SSSR count). The van der Waals surface area contributed by atoms with Crippen molar-refractivity contribution in [1.29, 1.82) is 0 Å². The summed E-state index contributed by atoms with van der Waals surface area (Å²) in [6, 6.07) is 3.90. The van der Waals surface area contributed by atoms with Gasteiger partial charge in [0.1, 0.15) is 17.7 Å². The molecule has 11 heteroatoms. The second kappa shape index (κ2) is 8.40. The molecule has 2 aliphatic heterocycles. The fourth-order valence-electron chi connectivity index (χ4n) is 4.31. The normalized spacial score (nSPS) is 22.7. The lowest BCUT2D eigenvalue weighted by Crippen LogP contribution is -2.38. The van der Waals surface area contributed by atoms with Crippen LogP contribution in [0.15, 0.2) is 29.2 Å². The van der Waals surface area contributed by atoms with Crippen LogP contribution in [0.1, 0.15) is 31.0 Å². The van der Waals surface area contributed by atoms with Crippen molar-refractivity contribution in [1.82, 2.24) is 9.78 Å². The van der Waals surface area contributed by atoms with E-state index in [1.807, 2.05) is 6.92 Å². The number of hydrogen-bond donors (Lipinski definition) is 1. The van der Waals surface area contributed by atoms with E-state index in [1.165, 1.54) is 0 Å². The van der Waals surface area contributed by atoms with Crippen LogP contribution in [0.4, 0.5) is 10.2 Å². The standard InChI is InChI=1S/C20H23ClFN3O5S/c1-12-8-19(25(23-12)14-4-6-30-7-5-14)24-11-15(10-17(24)20(26)27)31(28,29)18-3-2-13(22)9-16(18)21/h2-3,8-9,14-15,17H,4-7,10-11H2,1H3,(H,26,27)/t15-,17+/m1/s1. The number of carboxylic acids is 1. The van der Waals surface area contributed by atoms with Gasteiger partial charge < -0.3 is 14.7 Å². The Morgan fingerprint density at radius 2 is 2.00 bits per heavy atom. The first-order valence-electron chi connectivity index (χ1n) is 10.0. The van der Waals surface area contributed by atoms with E-state index in [4.69, 9.17) is 16.3 Å². The van der Waals surface area contributed by atoms with Crippen molar-refractivity contribution >= 4 is 33.2 Å². The van der Waals surface area contributed by atoms with E-state index < -0.39 is 32.9 Å². The quantitative estimate of drug-likeness (QED) is 0.669. The Kier molecular flexibility index (Phi) is 5.97. The Morgan fingerprint density at radius 3 is 2.65 bits per heavy atom. The summed E-state index contributed by atoms with van der Waals surface area (Å²) in [5.41, 5.74) is 0.721. The van der Waals surface area contributed by atoms with Crippen molar-refractivity contribution in [2.24, 2.45) is 0 Å². The number of aliphatic carboxylic acids is 1. The van der Waals surface area contributed by atoms with E-state index in [2.05, 4.69) is 5.10 Å². The topological polar surface area (TPSA) is 102 Å². The second-order valence-electron chi connectivity index (χ2n) is 7.92. The lowest BCUT2D eigenvalue weighted by molar-refractivity contribution is -0.138. The fourth-order valence-corrected chi connectivity index (χ4v) is 6.54. The summed E-state index contributed by atoms with van der Waals surface area (Å²) < 4.78 is 47.1. The summed E-state index contributed by atoms with van der Waals surface area (Å²) in [6.07, 6.45) is 1.38. The Balaban J connectivity index is 1.69. The highest BCUT2D eigenvalue weighted by Gasteiger charge is 2.45. The van der Waals surface area contributed by atoms with E-state index in [1.54, 1.807) is 15.6 Å². The molecule has 0 saturated carbocycles. The highest BCUT2D eigenvalue weighted by molar-refractivity contribution is 7.92. The highest BCUT2D eigenvalue weighted by atomic mass is 35.5. The summed E-state index contributed by atoms with van der Waals surface area (Å²) in [5.74, 6) is -1.17. The van der Waals surface area contributed by atoms with Gasteiger partial charge in [-0.1, -0.05) is 11.6 Å². The molecule has 0 unspecified atom stereocenters. The average Bonchev–Trinajstić information content (AvgIpc) is 3.32. The molecule has 1 aromatic carbocycles. The average molecular weight is 472 g/mol. The number of sulfone groups is 1. The van der Waals surface area contributed by atoms with Gasteiger partial charge in [-0.15, -0.1) is 0 Å². The third-order valence-corrected chi connectivity index (χ3v) is 8.47. The van der Waals surface area contributed by atoms with Crippen LogP contribution in [0.5, 0.6) is 0 Å². The maximum Gasteiger partial charge on any atom is 0.326 e. The van der Waals surface area contributed by atoms with Crippen molar-refractivity contribution in [3.8, 4) is 0 Å². The second-order valence-corrected chi connectivity index (χ2v) is 10.5. The molecule has 2 saturated heterocycles. The van der Waals surface area contributed by atoms with Gasteiger partial charge >= 0.3 is 5.97 Å². The van der Waals surface area contributed by atoms with E-state index in [9.17, 15) is 22.7 Å². The predicted molar refractivity (Wildman–Crippen MR) is 112 cm³/mol. The molecule has 168 valence electrons. The van der Waals surface area contributed by atoms with Gasteiger partial charge in [-0.2, -0.15) is 5.10 Å². The lowest BCUT2D eigenvalue weighted by Gasteiger charge is -2.29. The summed E-state index contributed by atoms with van der Waals surface area (Å²) in [4.78, 5) is 13.4. The van der Waals surface area contributed by atoms with Crippen LogP contribution in [0.3, 0.4) is 0 Å². The first kappa shape index (κ1) is 22.0. The largest absolute Gasteiger partial charge is 0.480 e. The number of rotatable bonds is 5. The molecule has 2 aliphatic rings. The number of carbonyl (C=O) groups is 1. The van der Waals surface area contributed by atoms with Gasteiger partial charge in [-0.05, 0) is 44.4 Å². The van der Waals surface area contributed by atoms with Gasteiger partial charge in [-0.25, -0.2) is 22.3 Å². The van der Waals surface area contributed by atoms with Crippen molar-refractivity contribution < 1.29 is 27.4 Å². The fraction of sp³-hybridized carbons (Fsp3) is 0.500. The summed E-state index contributed by atoms with van der Waals surface area (Å²) in [6.45, 7) is 2.97. The van der Waals surface area contributed by atoms with Gasteiger partial charge in [0.2, 0.25) is 0 Å². The molecule has 1 N–H and O–H groups in total. The highest BCUT2D eigenvalue weighted by Crippen LogP contribution is 2.36. The summed E-state index contributed by atoms with van der Waals surface area (Å²) >= 11 is 6.00. The molecule has 0 aliphatic carbocycles. The summed E-state index contributed by atoms with van der Waals surface area (Å²) in [7, 11) is -3.98. The molecule has 8 nitrogen and oxygen atoms in total. The van der Waals surface area contributed by atoms with Gasteiger partial charge in [0, 0.05) is 25.8 Å². The maximum absolute atomic E-state index is 13.4. The van der Waals surface area contributed by atoms with Crippen LogP contribution in [0.2, 0.25) is 5.02 Å². The monoisotopic (exact) mass is 471 g/mol. The Hall–Kier alpha value is -2.17. The minimum Gasteiger partial charge on any atom is -0.480 e. The predicted octanol–water partition coefficient (Wildman–Crippen LogP) is 2.84. The molecular formula is C20H23ClFN3O5S. The van der Waals surface area contributed by atoms with Crippen LogP contribution in [-0.2, 0) is 19.4 Å². The number of hydrogen-bond acceptors (Lipinski definition) is 6. The van der Waals surface area contributed by atoms with Crippen LogP contribution in [-0.4, -0.2) is 60.3 Å². The Morgan fingerprint density at radius 1 is 1.29 bits per heavy atom. The van der Waals surface area contributed by atoms with Crippen molar-refractivity contribution in [3.05, 3.63) is 40.8 Å².